The molecule has 0 aromatic carbocycles. The minimum Gasteiger partial charge on any atom is -0.342 e. The van der Waals surface area contributed by atoms with Crippen LogP contribution in [0.15, 0.2) is 16.7 Å². The smallest absolute Gasteiger partial charge is 0.342 e. The number of aryl methyl sites for hydroxylation is 4. The summed E-state index contributed by atoms with van der Waals surface area (Å²) in [6.07, 6.45) is -2.59. The fourth-order valence-electron chi connectivity index (χ4n) is 4.40. The number of carbonyl (C=O) groups excluding carboxylic acids is 1. The second-order valence-electron chi connectivity index (χ2n) is 8.34. The number of alkyl halides is 3. The molecule has 0 aliphatic carbocycles. The van der Waals surface area contributed by atoms with Crippen LogP contribution in [-0.2, 0) is 23.9 Å². The van der Waals surface area contributed by atoms with E-state index in [1.54, 1.807) is 16.5 Å². The maximum atomic E-state index is 13.8. The Morgan fingerprint density at radius 1 is 1.28 bits per heavy atom. The van der Waals surface area contributed by atoms with Crippen molar-refractivity contribution in [2.75, 3.05) is 13.1 Å². The Morgan fingerprint density at radius 3 is 2.72 bits per heavy atom. The molecule has 172 valence electrons. The minimum atomic E-state index is -4.55. The lowest BCUT2D eigenvalue weighted by Crippen LogP contribution is -2.39. The minimum absolute atomic E-state index is 0.0440. The molecule has 7 nitrogen and oxygen atoms in total. The summed E-state index contributed by atoms with van der Waals surface area (Å²) < 4.78 is 48.4. The first kappa shape index (κ1) is 22.3. The van der Waals surface area contributed by atoms with Crippen LogP contribution in [-0.4, -0.2) is 43.8 Å². The first-order chi connectivity index (χ1) is 15.2. The number of piperidine rings is 1. The molecule has 1 saturated heterocycles. The summed E-state index contributed by atoms with van der Waals surface area (Å²) in [4.78, 5) is 18.7. The van der Waals surface area contributed by atoms with E-state index in [-0.39, 0.29) is 35.0 Å². The number of hydrogen-bond acceptors (Lipinski definition) is 5. The second kappa shape index (κ2) is 8.55. The molecule has 0 bridgehead atoms. The Morgan fingerprint density at radius 2 is 2.06 bits per heavy atom. The third-order valence-corrected chi connectivity index (χ3v) is 6.00. The Bertz CT molecular complexity index is 1130. The van der Waals surface area contributed by atoms with Gasteiger partial charge in [0.2, 0.25) is 5.91 Å². The van der Waals surface area contributed by atoms with Gasteiger partial charge in [-0.2, -0.15) is 18.3 Å². The highest BCUT2D eigenvalue weighted by molar-refractivity contribution is 5.82. The molecule has 0 radical (unpaired) electrons. The molecule has 32 heavy (non-hydrogen) atoms. The lowest BCUT2D eigenvalue weighted by molar-refractivity contribution is -0.136. The Balaban J connectivity index is 1.55. The summed E-state index contributed by atoms with van der Waals surface area (Å²) in [6.45, 7) is 6.93. The maximum Gasteiger partial charge on any atom is 0.417 e. The Kier molecular flexibility index (Phi) is 5.96. The fraction of sp³-hybridized carbons (Fsp3) is 0.545. The summed E-state index contributed by atoms with van der Waals surface area (Å²) in [7, 11) is 0. The lowest BCUT2D eigenvalue weighted by atomic mass is 9.91. The van der Waals surface area contributed by atoms with Crippen LogP contribution in [0.25, 0.3) is 11.1 Å². The number of pyridine rings is 1. The largest absolute Gasteiger partial charge is 0.417 e. The van der Waals surface area contributed by atoms with Crippen molar-refractivity contribution in [2.45, 2.75) is 65.1 Å². The molecule has 10 heteroatoms. The zero-order chi connectivity index (χ0) is 23.0. The first-order valence-electron chi connectivity index (χ1n) is 10.8. The predicted octanol–water partition coefficient (Wildman–Crippen LogP) is 4.41. The van der Waals surface area contributed by atoms with E-state index < -0.39 is 11.7 Å². The molecular weight excluding hydrogens is 423 g/mol. The topological polar surface area (TPSA) is 77.0 Å². The van der Waals surface area contributed by atoms with Crippen LogP contribution in [0.2, 0.25) is 0 Å². The molecule has 3 aromatic heterocycles. The van der Waals surface area contributed by atoms with Crippen molar-refractivity contribution in [1.29, 1.82) is 0 Å². The van der Waals surface area contributed by atoms with Gasteiger partial charge in [-0.3, -0.25) is 9.48 Å². The number of nitrogens with zero attached hydrogens (tertiary/aromatic N) is 5. The van der Waals surface area contributed by atoms with Crippen LogP contribution in [0.4, 0.5) is 13.2 Å². The van der Waals surface area contributed by atoms with Gasteiger partial charge < -0.3 is 9.42 Å². The van der Waals surface area contributed by atoms with Crippen molar-refractivity contribution in [3.05, 3.63) is 40.5 Å². The third kappa shape index (κ3) is 4.35. The van der Waals surface area contributed by atoms with Gasteiger partial charge >= 0.3 is 6.18 Å². The Labute approximate surface area is 183 Å². The Hall–Kier alpha value is -2.91. The van der Waals surface area contributed by atoms with Crippen molar-refractivity contribution in [2.24, 2.45) is 0 Å². The average Bonchev–Trinajstić information content (AvgIpc) is 3.32. The van der Waals surface area contributed by atoms with Crippen molar-refractivity contribution in [3.8, 4) is 0 Å². The van der Waals surface area contributed by atoms with Crippen molar-refractivity contribution in [1.82, 2.24) is 24.8 Å². The SMILES string of the molecule is CCc1cc(C(F)(F)F)c2c([C@H]3CCCN(C(=O)CCn4nc(C)cc4C)C3)noc2n1. The molecule has 4 rings (SSSR count). The zero-order valence-corrected chi connectivity index (χ0v) is 18.4. The summed E-state index contributed by atoms with van der Waals surface area (Å²) >= 11 is 0. The van der Waals surface area contributed by atoms with Crippen molar-refractivity contribution < 1.29 is 22.5 Å². The van der Waals surface area contributed by atoms with Crippen LogP contribution in [0.3, 0.4) is 0 Å². The zero-order valence-electron chi connectivity index (χ0n) is 18.4. The molecule has 4 heterocycles. The normalized spacial score (nSPS) is 17.3. The number of likely N-dealkylation sites (tertiary alicyclic amines) is 1. The van der Waals surface area contributed by atoms with Gasteiger partial charge in [-0.1, -0.05) is 12.1 Å². The van der Waals surface area contributed by atoms with Crippen LogP contribution in [0.5, 0.6) is 0 Å². The van der Waals surface area contributed by atoms with E-state index in [1.807, 2.05) is 19.9 Å². The molecule has 0 saturated carbocycles. The second-order valence-corrected chi connectivity index (χ2v) is 8.34. The van der Waals surface area contributed by atoms with Gasteiger partial charge in [-0.15, -0.1) is 0 Å². The number of amides is 1. The van der Waals surface area contributed by atoms with Crippen molar-refractivity contribution in [3.63, 3.8) is 0 Å². The molecule has 1 amide bonds. The van der Waals surface area contributed by atoms with Gasteiger partial charge in [0, 0.05) is 43.4 Å². The number of halogens is 3. The highest BCUT2D eigenvalue weighted by Gasteiger charge is 2.38. The van der Waals surface area contributed by atoms with E-state index in [2.05, 4.69) is 15.2 Å². The van der Waals surface area contributed by atoms with E-state index in [4.69, 9.17) is 4.52 Å². The van der Waals surface area contributed by atoms with Crippen LogP contribution >= 0.6 is 0 Å². The summed E-state index contributed by atoms with van der Waals surface area (Å²) in [5, 5.41) is 8.27. The molecular formula is C22H26F3N5O2. The number of rotatable bonds is 5. The van der Waals surface area contributed by atoms with Crippen LogP contribution in [0.1, 0.15) is 60.4 Å². The van der Waals surface area contributed by atoms with Gasteiger partial charge in [0.15, 0.2) is 0 Å². The van der Waals surface area contributed by atoms with Gasteiger partial charge in [0.25, 0.3) is 5.71 Å². The molecule has 0 N–H and O–H groups in total. The highest BCUT2D eigenvalue weighted by atomic mass is 19.4. The molecule has 1 fully saturated rings. The van der Waals surface area contributed by atoms with E-state index in [1.165, 1.54) is 0 Å². The fourth-order valence-corrected chi connectivity index (χ4v) is 4.40. The molecule has 0 unspecified atom stereocenters. The lowest BCUT2D eigenvalue weighted by Gasteiger charge is -2.32. The summed E-state index contributed by atoms with van der Waals surface area (Å²) in [6, 6.07) is 3.02. The molecule has 1 atom stereocenters. The highest BCUT2D eigenvalue weighted by Crippen LogP contribution is 2.40. The van der Waals surface area contributed by atoms with Gasteiger partial charge in [-0.05, 0) is 45.2 Å². The number of aromatic nitrogens is 4. The average molecular weight is 449 g/mol. The number of fused-ring (bicyclic) bond motifs is 1. The van der Waals surface area contributed by atoms with Gasteiger partial charge in [0.1, 0.15) is 0 Å². The number of carbonyl (C=O) groups is 1. The molecule has 1 aliphatic heterocycles. The molecule has 0 spiro atoms. The maximum absolute atomic E-state index is 13.8. The van der Waals surface area contributed by atoms with E-state index in [0.29, 0.717) is 44.6 Å². The van der Waals surface area contributed by atoms with E-state index in [0.717, 1.165) is 17.5 Å². The van der Waals surface area contributed by atoms with Crippen molar-refractivity contribution >= 4 is 17.0 Å². The third-order valence-electron chi connectivity index (χ3n) is 6.00. The summed E-state index contributed by atoms with van der Waals surface area (Å²) in [5.41, 5.74) is 1.55. The quantitative estimate of drug-likeness (QED) is 0.577. The standard InChI is InChI=1S/C22H26F3N5O2/c1-4-16-11-17(22(23,24)25)19-20(28-32-21(19)26-16)15-6-5-8-29(12-15)18(31)7-9-30-14(3)10-13(2)27-30/h10-11,15H,4-9,12H2,1-3H3/t15-/m0/s1. The number of hydrogen-bond donors (Lipinski definition) is 0. The van der Waals surface area contributed by atoms with E-state index in [9.17, 15) is 18.0 Å². The monoisotopic (exact) mass is 449 g/mol. The van der Waals surface area contributed by atoms with Gasteiger partial charge in [-0.25, -0.2) is 4.98 Å². The van der Waals surface area contributed by atoms with Gasteiger partial charge in [0.05, 0.1) is 22.3 Å². The van der Waals surface area contributed by atoms with Crippen LogP contribution < -0.4 is 0 Å². The molecule has 3 aromatic rings. The first-order valence-corrected chi connectivity index (χ1v) is 10.8. The molecule has 1 aliphatic rings. The predicted molar refractivity (Wildman–Crippen MR) is 111 cm³/mol. The van der Waals surface area contributed by atoms with Crippen LogP contribution in [0, 0.1) is 13.8 Å². The van der Waals surface area contributed by atoms with E-state index >= 15 is 0 Å². The summed E-state index contributed by atoms with van der Waals surface area (Å²) in [5.74, 6) is -0.379.